The molecule has 0 N–H and O–H groups in total. The average molecular weight is 544 g/mol. The molecule has 0 fully saturated rings. The molecule has 0 rings (SSSR count). The van der Waals surface area contributed by atoms with Gasteiger partial charge in [0.2, 0.25) is 0 Å². The molecule has 0 aromatic carbocycles. The van der Waals surface area contributed by atoms with E-state index in [1.807, 2.05) is 0 Å². The SMILES string of the molecule is CCCCCCCC[C@H](OCC#C[Si](C)(C)C)[Sn]([CH2]CCC)([CH2]CCC)[CH2]CCC. The normalized spacial score (nSPS) is 13.2. The van der Waals surface area contributed by atoms with E-state index in [9.17, 15) is 0 Å². The fourth-order valence-corrected chi connectivity index (χ4v) is 22.7. The second kappa shape index (κ2) is 19.0. The van der Waals surface area contributed by atoms with Gasteiger partial charge in [0, 0.05) is 0 Å². The van der Waals surface area contributed by atoms with Crippen LogP contribution in [0, 0.1) is 11.5 Å². The zero-order valence-electron chi connectivity index (χ0n) is 22.0. The monoisotopic (exact) mass is 544 g/mol. The summed E-state index contributed by atoms with van der Waals surface area (Å²) < 4.78 is 12.0. The molecule has 0 aromatic heterocycles. The van der Waals surface area contributed by atoms with E-state index in [0.717, 1.165) is 0 Å². The van der Waals surface area contributed by atoms with E-state index in [0.29, 0.717) is 10.7 Å². The summed E-state index contributed by atoms with van der Waals surface area (Å²) in [6, 6.07) is 0. The summed E-state index contributed by atoms with van der Waals surface area (Å²) in [6.45, 7) is 17.1. The average Bonchev–Trinajstić information content (AvgIpc) is 2.71. The minimum absolute atomic E-state index is 0.603. The molecule has 0 aromatic rings. The topological polar surface area (TPSA) is 9.23 Å². The molecule has 0 saturated heterocycles. The van der Waals surface area contributed by atoms with E-state index in [-0.39, 0.29) is 0 Å². The molecule has 0 bridgehead atoms. The number of hydrogen-bond acceptors (Lipinski definition) is 1. The molecule has 0 spiro atoms. The molecule has 1 nitrogen and oxygen atoms in total. The van der Waals surface area contributed by atoms with Crippen molar-refractivity contribution >= 4 is 26.5 Å². The van der Waals surface area contributed by atoms with Gasteiger partial charge < -0.3 is 0 Å². The van der Waals surface area contributed by atoms with Crippen LogP contribution in [-0.4, -0.2) is 37.2 Å². The Bertz CT molecular complexity index is 424. The van der Waals surface area contributed by atoms with Crippen molar-refractivity contribution < 1.29 is 4.74 Å². The molecule has 3 heteroatoms. The predicted molar refractivity (Wildman–Crippen MR) is 144 cm³/mol. The van der Waals surface area contributed by atoms with Gasteiger partial charge in [-0.05, 0) is 0 Å². The zero-order chi connectivity index (χ0) is 22.7. The van der Waals surface area contributed by atoms with Crippen molar-refractivity contribution in [2.75, 3.05) is 6.61 Å². The third-order valence-electron chi connectivity index (χ3n) is 6.41. The van der Waals surface area contributed by atoms with Crippen LogP contribution in [0.2, 0.25) is 33.0 Å². The van der Waals surface area contributed by atoms with Crippen LogP contribution in [0.3, 0.4) is 0 Å². The summed E-state index contributed by atoms with van der Waals surface area (Å²) in [7, 11) is -1.31. The molecule has 0 aliphatic rings. The Balaban J connectivity index is 5.34. The van der Waals surface area contributed by atoms with Gasteiger partial charge in [-0.1, -0.05) is 0 Å². The van der Waals surface area contributed by atoms with Gasteiger partial charge in [0.05, 0.1) is 0 Å². The van der Waals surface area contributed by atoms with Crippen LogP contribution in [0.1, 0.15) is 111 Å². The summed E-state index contributed by atoms with van der Waals surface area (Å²) in [5, 5.41) is 0. The Hall–Kier alpha value is 0.536. The molecule has 30 heavy (non-hydrogen) atoms. The fraction of sp³-hybridized carbons (Fsp3) is 0.926. The Kier molecular flexibility index (Phi) is 19.4. The number of unbranched alkanes of at least 4 members (excludes halogenated alkanes) is 8. The van der Waals surface area contributed by atoms with Crippen molar-refractivity contribution in [2.45, 2.75) is 148 Å². The molecule has 1 atom stereocenters. The second-order valence-electron chi connectivity index (χ2n) is 10.6. The van der Waals surface area contributed by atoms with Crippen LogP contribution in [0.5, 0.6) is 0 Å². The van der Waals surface area contributed by atoms with E-state index >= 15 is 0 Å². The van der Waals surface area contributed by atoms with Crippen molar-refractivity contribution in [1.82, 2.24) is 0 Å². The maximum atomic E-state index is 6.76. The van der Waals surface area contributed by atoms with E-state index in [2.05, 4.69) is 58.8 Å². The molecule has 0 heterocycles. The van der Waals surface area contributed by atoms with Gasteiger partial charge >= 0.3 is 197 Å². The van der Waals surface area contributed by atoms with Gasteiger partial charge in [0.1, 0.15) is 0 Å². The summed E-state index contributed by atoms with van der Waals surface area (Å²) in [4.78, 5) is 0. The molecule has 0 amide bonds. The molecule has 0 aliphatic carbocycles. The molecular weight excluding hydrogens is 487 g/mol. The standard InChI is InChI=1S/C15H29OSi.3C4H9.Sn/c1-5-6-7-8-9-10-11-13-16-14-12-15-17(2,3)4;3*1-3-4-2;/h13H,5-11,14H2,1-4H3;3*1,3-4H2,2H3;. The summed E-state index contributed by atoms with van der Waals surface area (Å²) >= 11 is -2.36. The maximum absolute atomic E-state index is 6.76. The van der Waals surface area contributed by atoms with Gasteiger partial charge in [-0.2, -0.15) is 0 Å². The summed E-state index contributed by atoms with van der Waals surface area (Å²) in [5.41, 5.74) is 3.54. The third-order valence-corrected chi connectivity index (χ3v) is 24.1. The predicted octanol–water partition coefficient (Wildman–Crippen LogP) is 9.39. The second-order valence-corrected chi connectivity index (χ2v) is 29.2. The minimum atomic E-state index is -2.36. The molecule has 0 saturated carbocycles. The summed E-state index contributed by atoms with van der Waals surface area (Å²) in [5.74, 6) is 3.44. The van der Waals surface area contributed by atoms with Gasteiger partial charge in [0.15, 0.2) is 0 Å². The molecule has 178 valence electrons. The molecule has 0 aliphatic heterocycles. The third kappa shape index (κ3) is 15.4. The first-order chi connectivity index (χ1) is 14.3. The fourth-order valence-electron chi connectivity index (χ4n) is 4.56. The van der Waals surface area contributed by atoms with Crippen molar-refractivity contribution in [1.29, 1.82) is 0 Å². The van der Waals surface area contributed by atoms with Gasteiger partial charge in [0.25, 0.3) is 0 Å². The van der Waals surface area contributed by atoms with Crippen LogP contribution in [0.25, 0.3) is 0 Å². The molecular formula is C27H56OSiSn. The van der Waals surface area contributed by atoms with E-state index in [4.69, 9.17) is 4.74 Å². The first-order valence-electron chi connectivity index (χ1n) is 13.5. The van der Waals surface area contributed by atoms with Gasteiger partial charge in [-0.3, -0.25) is 0 Å². The Labute approximate surface area is 196 Å². The van der Waals surface area contributed by atoms with Gasteiger partial charge in [-0.15, -0.1) is 0 Å². The Morgan fingerprint density at radius 1 is 0.667 bits per heavy atom. The van der Waals surface area contributed by atoms with Crippen molar-refractivity contribution in [2.24, 2.45) is 0 Å². The zero-order valence-corrected chi connectivity index (χ0v) is 25.9. The Morgan fingerprint density at radius 3 is 1.60 bits per heavy atom. The number of hydrogen-bond donors (Lipinski definition) is 0. The van der Waals surface area contributed by atoms with E-state index in [1.165, 1.54) is 83.5 Å². The Morgan fingerprint density at radius 2 is 1.13 bits per heavy atom. The van der Waals surface area contributed by atoms with Crippen molar-refractivity contribution in [3.63, 3.8) is 0 Å². The summed E-state index contributed by atoms with van der Waals surface area (Å²) in [6.07, 6.45) is 18.0. The molecule has 0 radical (unpaired) electrons. The number of ether oxygens (including phenoxy) is 1. The van der Waals surface area contributed by atoms with E-state index in [1.54, 1.807) is 13.3 Å². The quantitative estimate of drug-likeness (QED) is 0.0896. The van der Waals surface area contributed by atoms with Crippen molar-refractivity contribution in [3.05, 3.63) is 0 Å². The van der Waals surface area contributed by atoms with Crippen molar-refractivity contribution in [3.8, 4) is 11.5 Å². The van der Waals surface area contributed by atoms with Gasteiger partial charge in [-0.25, -0.2) is 0 Å². The van der Waals surface area contributed by atoms with E-state index < -0.39 is 26.5 Å². The number of rotatable bonds is 19. The molecule has 0 unspecified atom stereocenters. The first-order valence-corrected chi connectivity index (χ1v) is 24.7. The van der Waals surface area contributed by atoms with Crippen LogP contribution in [0.4, 0.5) is 0 Å². The van der Waals surface area contributed by atoms with Crippen LogP contribution < -0.4 is 0 Å². The first kappa shape index (κ1) is 30.5. The van der Waals surface area contributed by atoms with Crippen LogP contribution >= 0.6 is 0 Å². The van der Waals surface area contributed by atoms with Crippen LogP contribution in [-0.2, 0) is 4.74 Å². The van der Waals surface area contributed by atoms with Crippen LogP contribution in [0.15, 0.2) is 0 Å².